The first-order valence-corrected chi connectivity index (χ1v) is 24.4. The Morgan fingerprint density at radius 2 is 0.905 bits per heavy atom. The third kappa shape index (κ3) is 43.0. The fourth-order valence-electron chi connectivity index (χ4n) is 6.38. The molecule has 0 heterocycles. The van der Waals surface area contributed by atoms with Gasteiger partial charge in [-0.05, 0) is 96.3 Å². The van der Waals surface area contributed by atoms with E-state index in [4.69, 9.17) is 14.2 Å². The molecule has 8 nitrogen and oxygen atoms in total. The minimum absolute atomic E-state index is 0.00667. The van der Waals surface area contributed by atoms with Gasteiger partial charge < -0.3 is 28.6 Å². The van der Waals surface area contributed by atoms with E-state index in [-0.39, 0.29) is 49.1 Å². The molecule has 0 N–H and O–H groups in total. The smallest absolute Gasteiger partial charge is 0.306 e. The standard InChI is InChI=1S/C55H89NO7/c1-6-8-10-12-14-16-18-20-22-24-25-26-27-28-30-31-33-35-37-39-41-43-45-53(57)62-50-51(49-61-48-47-52(55(59)60)56(3,4)5)63-54(58)46-44-42-40-38-36-34-32-29-23-21-19-17-15-13-11-9-7-2/h8,10,14-17,20-23,25-26,28,30,32,34,38,40,51-52H,6-7,9,11-13,18-19,24,27,29,31,33,35-37,39,41-50H2,1-5H3/b10-8+,16-14+,17-15+,22-20+,23-21+,26-25+,30-28+,34-32+,40-38+. The number of allylic oxidation sites excluding steroid dienone is 18. The predicted molar refractivity (Wildman–Crippen MR) is 263 cm³/mol. The van der Waals surface area contributed by atoms with E-state index in [0.29, 0.717) is 12.8 Å². The molecular weight excluding hydrogens is 787 g/mol. The molecule has 0 saturated heterocycles. The summed E-state index contributed by atoms with van der Waals surface area (Å²) < 4.78 is 17.1. The molecule has 0 aromatic heterocycles. The number of rotatable bonds is 42. The molecule has 0 bridgehead atoms. The summed E-state index contributed by atoms with van der Waals surface area (Å²) in [5, 5.41) is 11.7. The van der Waals surface area contributed by atoms with Gasteiger partial charge in [0, 0.05) is 19.3 Å². The highest BCUT2D eigenvalue weighted by Gasteiger charge is 2.25. The third-order valence-electron chi connectivity index (χ3n) is 10.1. The Morgan fingerprint density at radius 1 is 0.492 bits per heavy atom. The van der Waals surface area contributed by atoms with Crippen LogP contribution >= 0.6 is 0 Å². The van der Waals surface area contributed by atoms with Gasteiger partial charge in [0.05, 0.1) is 40.3 Å². The van der Waals surface area contributed by atoms with E-state index in [1.165, 1.54) is 38.5 Å². The van der Waals surface area contributed by atoms with Crippen molar-refractivity contribution in [3.8, 4) is 0 Å². The maximum atomic E-state index is 12.7. The van der Waals surface area contributed by atoms with Crippen LogP contribution in [-0.4, -0.2) is 75.5 Å². The number of ether oxygens (including phenoxy) is 3. The SMILES string of the molecule is CC/C=C/C/C=C/C/C=C/C/C=C/C/C=C/CCCCCCCCC(=O)OCC(COCCC(C(=O)[O-])[N+](C)(C)C)OC(=O)CCC/C=C/C/C=C/C/C=C/C/C=C/CCCCC. The van der Waals surface area contributed by atoms with Crippen molar-refractivity contribution >= 4 is 17.9 Å². The van der Waals surface area contributed by atoms with Crippen LogP contribution in [-0.2, 0) is 28.6 Å². The van der Waals surface area contributed by atoms with Crippen LogP contribution in [0.15, 0.2) is 109 Å². The van der Waals surface area contributed by atoms with E-state index in [0.717, 1.165) is 89.9 Å². The molecular formula is C55H89NO7. The normalized spacial score (nSPS) is 13.9. The fourth-order valence-corrected chi connectivity index (χ4v) is 6.38. The van der Waals surface area contributed by atoms with Crippen LogP contribution in [0.1, 0.15) is 168 Å². The Morgan fingerprint density at radius 3 is 1.37 bits per heavy atom. The predicted octanol–water partition coefficient (Wildman–Crippen LogP) is 12.7. The monoisotopic (exact) mass is 876 g/mol. The Kier molecular flexibility index (Phi) is 41.8. The number of quaternary nitrogens is 1. The highest BCUT2D eigenvalue weighted by atomic mass is 16.6. The van der Waals surface area contributed by atoms with Crippen molar-refractivity contribution in [2.24, 2.45) is 0 Å². The van der Waals surface area contributed by atoms with Crippen molar-refractivity contribution in [1.82, 2.24) is 0 Å². The first kappa shape index (κ1) is 59.0. The van der Waals surface area contributed by atoms with Gasteiger partial charge >= 0.3 is 11.9 Å². The minimum atomic E-state index is -1.14. The summed E-state index contributed by atoms with van der Waals surface area (Å²) in [6.07, 6.45) is 61.2. The van der Waals surface area contributed by atoms with Crippen molar-refractivity contribution in [2.45, 2.75) is 180 Å². The number of carboxylic acid groups (broad SMARTS) is 1. The van der Waals surface area contributed by atoms with E-state index < -0.39 is 18.1 Å². The molecule has 356 valence electrons. The van der Waals surface area contributed by atoms with E-state index in [9.17, 15) is 19.5 Å². The van der Waals surface area contributed by atoms with Crippen molar-refractivity contribution in [3.05, 3.63) is 109 Å². The molecule has 0 aliphatic rings. The molecule has 2 atom stereocenters. The Labute approximate surface area is 385 Å². The lowest BCUT2D eigenvalue weighted by atomic mass is 10.1. The number of unbranched alkanes of at least 4 members (excludes halogenated alkanes) is 10. The molecule has 0 radical (unpaired) electrons. The van der Waals surface area contributed by atoms with E-state index in [1.54, 1.807) is 21.1 Å². The van der Waals surface area contributed by atoms with E-state index >= 15 is 0 Å². The summed E-state index contributed by atoms with van der Waals surface area (Å²) in [5.41, 5.74) is 0. The molecule has 8 heteroatoms. The van der Waals surface area contributed by atoms with Gasteiger partial charge in [-0.15, -0.1) is 0 Å². The number of carbonyl (C=O) groups is 3. The van der Waals surface area contributed by atoms with Gasteiger partial charge in [-0.1, -0.05) is 162 Å². The molecule has 0 fully saturated rings. The summed E-state index contributed by atoms with van der Waals surface area (Å²) in [4.78, 5) is 37.0. The van der Waals surface area contributed by atoms with Crippen LogP contribution in [0.5, 0.6) is 0 Å². The van der Waals surface area contributed by atoms with Crippen molar-refractivity contribution in [2.75, 3.05) is 41.0 Å². The zero-order valence-electron chi connectivity index (χ0n) is 40.4. The van der Waals surface area contributed by atoms with Gasteiger partial charge in [0.15, 0.2) is 6.10 Å². The molecule has 0 aliphatic carbocycles. The molecule has 0 rings (SSSR count). The zero-order chi connectivity index (χ0) is 46.3. The lowest BCUT2D eigenvalue weighted by molar-refractivity contribution is -0.889. The van der Waals surface area contributed by atoms with Crippen LogP contribution in [0.3, 0.4) is 0 Å². The highest BCUT2D eigenvalue weighted by molar-refractivity contribution is 5.70. The van der Waals surface area contributed by atoms with Crippen LogP contribution in [0.4, 0.5) is 0 Å². The molecule has 63 heavy (non-hydrogen) atoms. The van der Waals surface area contributed by atoms with Gasteiger partial charge in [0.2, 0.25) is 0 Å². The number of hydrogen-bond donors (Lipinski definition) is 0. The maximum Gasteiger partial charge on any atom is 0.306 e. The second-order valence-electron chi connectivity index (χ2n) is 17.0. The molecule has 0 saturated carbocycles. The quantitative estimate of drug-likeness (QED) is 0.0260. The van der Waals surface area contributed by atoms with Gasteiger partial charge in [-0.3, -0.25) is 9.59 Å². The number of carbonyl (C=O) groups excluding carboxylic acids is 3. The van der Waals surface area contributed by atoms with Gasteiger partial charge in [0.25, 0.3) is 0 Å². The average molecular weight is 876 g/mol. The fraction of sp³-hybridized carbons (Fsp3) is 0.618. The largest absolute Gasteiger partial charge is 0.544 e. The number of carboxylic acids is 1. The Bertz CT molecular complexity index is 1390. The molecule has 0 amide bonds. The van der Waals surface area contributed by atoms with Crippen molar-refractivity contribution in [1.29, 1.82) is 0 Å². The molecule has 2 unspecified atom stereocenters. The minimum Gasteiger partial charge on any atom is -0.544 e. The van der Waals surface area contributed by atoms with Crippen LogP contribution in [0, 0.1) is 0 Å². The molecule has 0 spiro atoms. The lowest BCUT2D eigenvalue weighted by Crippen LogP contribution is -2.55. The summed E-state index contributed by atoms with van der Waals surface area (Å²) >= 11 is 0. The third-order valence-corrected chi connectivity index (χ3v) is 10.1. The van der Waals surface area contributed by atoms with Crippen molar-refractivity contribution in [3.63, 3.8) is 0 Å². The highest BCUT2D eigenvalue weighted by Crippen LogP contribution is 2.12. The zero-order valence-corrected chi connectivity index (χ0v) is 40.4. The Balaban J connectivity index is 4.41. The van der Waals surface area contributed by atoms with Crippen LogP contribution in [0.2, 0.25) is 0 Å². The van der Waals surface area contributed by atoms with Crippen LogP contribution < -0.4 is 5.11 Å². The summed E-state index contributed by atoms with van der Waals surface area (Å²) in [5.74, 6) is -1.84. The number of aliphatic carboxylic acids is 1. The van der Waals surface area contributed by atoms with Gasteiger partial charge in [-0.2, -0.15) is 0 Å². The summed E-state index contributed by atoms with van der Waals surface area (Å²) in [6.45, 7) is 4.43. The Hall–Kier alpha value is -4.01. The first-order chi connectivity index (χ1) is 30.6. The lowest BCUT2D eigenvalue weighted by Gasteiger charge is -2.34. The molecule has 0 aromatic carbocycles. The van der Waals surface area contributed by atoms with Crippen LogP contribution in [0.25, 0.3) is 0 Å². The number of nitrogens with zero attached hydrogens (tertiary/aromatic N) is 1. The van der Waals surface area contributed by atoms with Gasteiger partial charge in [0.1, 0.15) is 12.6 Å². The van der Waals surface area contributed by atoms with Gasteiger partial charge in [-0.25, -0.2) is 0 Å². The number of hydrogen-bond acceptors (Lipinski definition) is 7. The van der Waals surface area contributed by atoms with E-state index in [1.807, 2.05) is 0 Å². The number of esters is 2. The average Bonchev–Trinajstić information content (AvgIpc) is 3.24. The maximum absolute atomic E-state index is 12.7. The summed E-state index contributed by atoms with van der Waals surface area (Å²) in [7, 11) is 5.38. The number of likely N-dealkylation sites (N-methyl/N-ethyl adjacent to an activating group) is 1. The first-order valence-electron chi connectivity index (χ1n) is 24.4. The topological polar surface area (TPSA) is 102 Å². The molecule has 0 aliphatic heterocycles. The second-order valence-corrected chi connectivity index (χ2v) is 17.0. The second kappa shape index (κ2) is 44.6. The molecule has 0 aromatic rings. The summed E-state index contributed by atoms with van der Waals surface area (Å²) in [6, 6.07) is -0.745. The van der Waals surface area contributed by atoms with Crippen molar-refractivity contribution < 1.29 is 38.2 Å². The van der Waals surface area contributed by atoms with E-state index in [2.05, 4.69) is 123 Å².